The van der Waals surface area contributed by atoms with E-state index in [1.54, 1.807) is 0 Å². The van der Waals surface area contributed by atoms with Crippen molar-refractivity contribution in [3.05, 3.63) is 0 Å². The van der Waals surface area contributed by atoms with Crippen LogP contribution in [0.2, 0.25) is 0 Å². The van der Waals surface area contributed by atoms with Gasteiger partial charge in [-0.15, -0.1) is 11.6 Å². The van der Waals surface area contributed by atoms with Gasteiger partial charge in [0, 0.05) is 0 Å². The normalized spacial score (nSPS) is 12.1. The van der Waals surface area contributed by atoms with Crippen LogP contribution in [0.3, 0.4) is 0 Å². The van der Waals surface area contributed by atoms with Gasteiger partial charge in [0.25, 0.3) is 0 Å². The van der Waals surface area contributed by atoms with Crippen molar-refractivity contribution in [1.82, 2.24) is 0 Å². The van der Waals surface area contributed by atoms with Crippen LogP contribution in [-0.2, 0) is 14.3 Å². The average Bonchev–Trinajstić information content (AvgIpc) is 2.26. The molecule has 0 aliphatic heterocycles. The predicted octanol–water partition coefficient (Wildman–Crippen LogP) is 2.70. The molecule has 1 atom stereocenters. The van der Waals surface area contributed by atoms with E-state index in [2.05, 4.69) is 6.92 Å². The van der Waals surface area contributed by atoms with E-state index in [1.807, 2.05) is 0 Å². The summed E-state index contributed by atoms with van der Waals surface area (Å²) in [5, 5.41) is -1.15. The molecule has 15 heavy (non-hydrogen) atoms. The molecule has 1 unspecified atom stereocenters. The molecule has 0 saturated heterocycles. The fraction of sp³-hybridized carbons (Fsp3) is 0.818. The van der Waals surface area contributed by atoms with E-state index < -0.39 is 11.3 Å². The number of carbonyl (C=O) groups excluding carboxylic acids is 2. The fourth-order valence-corrected chi connectivity index (χ4v) is 1.25. The Morgan fingerprint density at radius 3 is 2.47 bits per heavy atom. The van der Waals surface area contributed by atoms with Crippen molar-refractivity contribution in [3.63, 3.8) is 0 Å². The highest BCUT2D eigenvalue weighted by atomic mass is 35.5. The summed E-state index contributed by atoms with van der Waals surface area (Å²) >= 11 is 5.35. The lowest BCUT2D eigenvalue weighted by Crippen LogP contribution is -2.19. The summed E-state index contributed by atoms with van der Waals surface area (Å²) in [6, 6.07) is 0. The van der Waals surface area contributed by atoms with Gasteiger partial charge in [0.05, 0.1) is 6.61 Å². The van der Waals surface area contributed by atoms with Crippen molar-refractivity contribution in [1.29, 1.82) is 0 Å². The molecule has 0 amide bonds. The van der Waals surface area contributed by atoms with Gasteiger partial charge in [0.2, 0.25) is 0 Å². The number of hydrogen-bond acceptors (Lipinski definition) is 3. The van der Waals surface area contributed by atoms with Crippen molar-refractivity contribution in [2.75, 3.05) is 6.61 Å². The third-order valence-corrected chi connectivity index (χ3v) is 2.37. The SMILES string of the molecule is CCCCCCCCOC(=O)C(Cl)C=O. The minimum absolute atomic E-state index is 0.363. The van der Waals surface area contributed by atoms with Gasteiger partial charge in [0.15, 0.2) is 5.38 Å². The Labute approximate surface area is 96.1 Å². The zero-order valence-electron chi connectivity index (χ0n) is 9.21. The van der Waals surface area contributed by atoms with Crippen LogP contribution in [0.4, 0.5) is 0 Å². The van der Waals surface area contributed by atoms with Crippen LogP contribution in [0.5, 0.6) is 0 Å². The summed E-state index contributed by atoms with van der Waals surface area (Å²) < 4.78 is 4.80. The molecule has 0 radical (unpaired) electrons. The molecule has 0 N–H and O–H groups in total. The van der Waals surface area contributed by atoms with Crippen LogP contribution in [0.25, 0.3) is 0 Å². The second kappa shape index (κ2) is 9.97. The first-order valence-corrected chi connectivity index (χ1v) is 5.92. The predicted molar refractivity (Wildman–Crippen MR) is 60.0 cm³/mol. The quantitative estimate of drug-likeness (QED) is 0.203. The maximum Gasteiger partial charge on any atom is 0.331 e. The van der Waals surface area contributed by atoms with Crippen LogP contribution < -0.4 is 0 Å². The number of aldehydes is 1. The van der Waals surface area contributed by atoms with E-state index in [1.165, 1.54) is 25.7 Å². The molecule has 0 aromatic carbocycles. The van der Waals surface area contributed by atoms with Crippen LogP contribution in [0.1, 0.15) is 45.4 Å². The fourth-order valence-electron chi connectivity index (χ4n) is 1.19. The Morgan fingerprint density at radius 2 is 1.87 bits per heavy atom. The van der Waals surface area contributed by atoms with Crippen molar-refractivity contribution in [2.45, 2.75) is 50.8 Å². The summed E-state index contributed by atoms with van der Waals surface area (Å²) in [5.41, 5.74) is 0. The summed E-state index contributed by atoms with van der Waals surface area (Å²) in [6.07, 6.45) is 7.17. The van der Waals surface area contributed by atoms with Gasteiger partial charge in [-0.2, -0.15) is 0 Å². The zero-order chi connectivity index (χ0) is 11.5. The van der Waals surface area contributed by atoms with E-state index >= 15 is 0 Å². The lowest BCUT2D eigenvalue weighted by Gasteiger charge is -2.04. The van der Waals surface area contributed by atoms with E-state index in [9.17, 15) is 9.59 Å². The monoisotopic (exact) mass is 234 g/mol. The number of halogens is 1. The van der Waals surface area contributed by atoms with E-state index in [0.717, 1.165) is 12.8 Å². The molecule has 0 bridgehead atoms. The topological polar surface area (TPSA) is 43.4 Å². The molecule has 0 aliphatic rings. The van der Waals surface area contributed by atoms with Gasteiger partial charge in [-0.05, 0) is 6.42 Å². The van der Waals surface area contributed by atoms with E-state index in [0.29, 0.717) is 12.9 Å². The van der Waals surface area contributed by atoms with Crippen molar-refractivity contribution in [2.24, 2.45) is 0 Å². The highest BCUT2D eigenvalue weighted by molar-refractivity contribution is 6.37. The van der Waals surface area contributed by atoms with Gasteiger partial charge in [0.1, 0.15) is 6.29 Å². The minimum Gasteiger partial charge on any atom is -0.464 e. The third kappa shape index (κ3) is 8.43. The maximum atomic E-state index is 10.9. The molecule has 0 saturated carbocycles. The summed E-state index contributed by atoms with van der Waals surface area (Å²) in [6.45, 7) is 2.53. The summed E-state index contributed by atoms with van der Waals surface area (Å²) in [7, 11) is 0. The second-order valence-electron chi connectivity index (χ2n) is 3.47. The first-order valence-electron chi connectivity index (χ1n) is 5.48. The Morgan fingerprint density at radius 1 is 1.27 bits per heavy atom. The van der Waals surface area contributed by atoms with Crippen LogP contribution >= 0.6 is 11.6 Å². The first-order chi connectivity index (χ1) is 7.22. The highest BCUT2D eigenvalue weighted by Gasteiger charge is 2.14. The molecule has 0 aromatic heterocycles. The number of carbonyl (C=O) groups is 2. The molecule has 0 fully saturated rings. The zero-order valence-corrected chi connectivity index (χ0v) is 9.96. The Kier molecular flexibility index (Phi) is 9.59. The van der Waals surface area contributed by atoms with Gasteiger partial charge in [-0.3, -0.25) is 0 Å². The lowest BCUT2D eigenvalue weighted by molar-refractivity contribution is -0.144. The largest absolute Gasteiger partial charge is 0.464 e. The van der Waals surface area contributed by atoms with Gasteiger partial charge >= 0.3 is 5.97 Å². The van der Waals surface area contributed by atoms with Crippen molar-refractivity contribution >= 4 is 23.9 Å². The molecule has 0 aromatic rings. The highest BCUT2D eigenvalue weighted by Crippen LogP contribution is 2.05. The number of unbranched alkanes of at least 4 members (excludes halogenated alkanes) is 5. The summed E-state index contributed by atoms with van der Waals surface area (Å²) in [5.74, 6) is -0.639. The molecule has 88 valence electrons. The van der Waals surface area contributed by atoms with Gasteiger partial charge < -0.3 is 9.53 Å². The number of alkyl halides is 1. The Balaban J connectivity index is 3.23. The van der Waals surface area contributed by atoms with Crippen molar-refractivity contribution in [3.8, 4) is 0 Å². The second-order valence-corrected chi connectivity index (χ2v) is 3.94. The smallest absolute Gasteiger partial charge is 0.331 e. The Hall–Kier alpha value is -0.570. The number of hydrogen-bond donors (Lipinski definition) is 0. The molecule has 4 heteroatoms. The molecule has 0 heterocycles. The maximum absolute atomic E-state index is 10.9. The third-order valence-electron chi connectivity index (χ3n) is 2.09. The van der Waals surface area contributed by atoms with Gasteiger partial charge in [-0.25, -0.2) is 4.79 Å². The van der Waals surface area contributed by atoms with Crippen LogP contribution in [0, 0.1) is 0 Å². The number of esters is 1. The molecule has 0 aliphatic carbocycles. The van der Waals surface area contributed by atoms with Crippen LogP contribution in [0.15, 0.2) is 0 Å². The molecule has 0 rings (SSSR count). The van der Waals surface area contributed by atoms with Crippen LogP contribution in [-0.4, -0.2) is 24.2 Å². The molecular formula is C11H19ClO3. The average molecular weight is 235 g/mol. The lowest BCUT2D eigenvalue weighted by atomic mass is 10.1. The Bertz CT molecular complexity index is 183. The minimum atomic E-state index is -1.15. The first kappa shape index (κ1) is 14.4. The molecule has 3 nitrogen and oxygen atoms in total. The number of ether oxygens (including phenoxy) is 1. The number of rotatable bonds is 9. The van der Waals surface area contributed by atoms with E-state index in [-0.39, 0.29) is 0 Å². The van der Waals surface area contributed by atoms with E-state index in [4.69, 9.17) is 16.3 Å². The molecule has 0 spiro atoms. The van der Waals surface area contributed by atoms with Gasteiger partial charge in [-0.1, -0.05) is 39.0 Å². The van der Waals surface area contributed by atoms with Crippen molar-refractivity contribution < 1.29 is 14.3 Å². The molecular weight excluding hydrogens is 216 g/mol. The standard InChI is InChI=1S/C11H19ClO3/c1-2-3-4-5-6-7-8-15-11(14)10(12)9-13/h9-10H,2-8H2,1H3. The summed E-state index contributed by atoms with van der Waals surface area (Å²) in [4.78, 5) is 21.0.